The van der Waals surface area contributed by atoms with Crippen LogP contribution in [0.2, 0.25) is 0 Å². The molecule has 0 aromatic rings. The molecule has 0 aliphatic heterocycles. The molecule has 0 aromatic heterocycles. The largest absolute Gasteiger partial charge is 0.379 e. The first-order valence-electron chi connectivity index (χ1n) is 4.72. The fraction of sp³-hybridized carbons (Fsp3) is 1.00. The van der Waals surface area contributed by atoms with Gasteiger partial charge in [-0.1, -0.05) is 0 Å². The summed E-state index contributed by atoms with van der Waals surface area (Å²) in [6.07, 6.45) is 0.496. The monoisotopic (exact) mass is 223 g/mol. The van der Waals surface area contributed by atoms with Crippen LogP contribution in [0.15, 0.2) is 0 Å². The number of hydrogen-bond donors (Lipinski definition) is 1. The van der Waals surface area contributed by atoms with Gasteiger partial charge in [0.1, 0.15) is 0 Å². The number of hydrogen-bond acceptors (Lipinski definition) is 4. The average molecular weight is 223 g/mol. The zero-order valence-electron chi connectivity index (χ0n) is 9.41. The van der Waals surface area contributed by atoms with Crippen molar-refractivity contribution in [3.63, 3.8) is 0 Å². The smallest absolute Gasteiger partial charge is 0.154 e. The molecule has 0 spiro atoms. The van der Waals surface area contributed by atoms with Gasteiger partial charge in [0.05, 0.1) is 16.6 Å². The van der Waals surface area contributed by atoms with Gasteiger partial charge in [0.25, 0.3) is 0 Å². The lowest BCUT2D eigenvalue weighted by atomic mass is 10.1. The van der Waals surface area contributed by atoms with Crippen molar-refractivity contribution in [1.82, 2.24) is 0 Å². The lowest BCUT2D eigenvalue weighted by Gasteiger charge is -2.23. The summed E-state index contributed by atoms with van der Waals surface area (Å²) < 4.78 is 28.3. The maximum Gasteiger partial charge on any atom is 0.154 e. The van der Waals surface area contributed by atoms with Crippen LogP contribution in [0.1, 0.15) is 27.2 Å². The van der Waals surface area contributed by atoms with Crippen LogP contribution in [0.25, 0.3) is 0 Å². The SMILES string of the molecule is COC(C)(C)CCS(=O)(=O)C(C)CN. The molecule has 2 N–H and O–H groups in total. The molecule has 0 aliphatic carbocycles. The Hall–Kier alpha value is -0.130. The Morgan fingerprint density at radius 1 is 1.43 bits per heavy atom. The Balaban J connectivity index is 4.27. The van der Waals surface area contributed by atoms with Crippen molar-refractivity contribution in [2.24, 2.45) is 5.73 Å². The molecule has 0 rings (SSSR count). The maximum atomic E-state index is 11.6. The van der Waals surface area contributed by atoms with E-state index in [1.165, 1.54) is 0 Å². The molecule has 0 fully saturated rings. The highest BCUT2D eigenvalue weighted by Crippen LogP contribution is 2.15. The lowest BCUT2D eigenvalue weighted by molar-refractivity contribution is 0.0203. The summed E-state index contributed by atoms with van der Waals surface area (Å²) >= 11 is 0. The molecule has 0 radical (unpaired) electrons. The zero-order valence-corrected chi connectivity index (χ0v) is 10.2. The second kappa shape index (κ2) is 5.09. The highest BCUT2D eigenvalue weighted by Gasteiger charge is 2.24. The molecule has 0 amide bonds. The predicted molar refractivity (Wildman–Crippen MR) is 58.0 cm³/mol. The first-order chi connectivity index (χ1) is 6.25. The molecule has 0 saturated carbocycles. The van der Waals surface area contributed by atoms with E-state index in [-0.39, 0.29) is 17.9 Å². The molecular formula is C9H21NO3S. The van der Waals surface area contributed by atoms with Crippen LogP contribution in [0.4, 0.5) is 0 Å². The summed E-state index contributed by atoms with van der Waals surface area (Å²) in [5.74, 6) is 0.131. The predicted octanol–water partition coefficient (Wildman–Crippen LogP) is 0.564. The van der Waals surface area contributed by atoms with Gasteiger partial charge in [-0.25, -0.2) is 8.42 Å². The van der Waals surface area contributed by atoms with E-state index in [1.807, 2.05) is 13.8 Å². The van der Waals surface area contributed by atoms with E-state index in [2.05, 4.69) is 0 Å². The Kier molecular flexibility index (Phi) is 5.05. The van der Waals surface area contributed by atoms with Crippen LogP contribution in [0, 0.1) is 0 Å². The fourth-order valence-electron chi connectivity index (χ4n) is 0.838. The number of rotatable bonds is 6. The van der Waals surface area contributed by atoms with Gasteiger partial charge in [0.15, 0.2) is 9.84 Å². The Morgan fingerprint density at radius 3 is 2.29 bits per heavy atom. The van der Waals surface area contributed by atoms with E-state index >= 15 is 0 Å². The van der Waals surface area contributed by atoms with Crippen LogP contribution in [0.5, 0.6) is 0 Å². The normalized spacial score (nSPS) is 15.5. The summed E-state index contributed by atoms with van der Waals surface area (Å²) in [6, 6.07) is 0. The molecule has 0 aromatic carbocycles. The van der Waals surface area contributed by atoms with Gasteiger partial charge >= 0.3 is 0 Å². The standard InChI is InChI=1S/C9H21NO3S/c1-8(7-10)14(11,12)6-5-9(2,3)13-4/h8H,5-7,10H2,1-4H3. The van der Waals surface area contributed by atoms with Crippen LogP contribution in [0.3, 0.4) is 0 Å². The molecule has 0 heterocycles. The van der Waals surface area contributed by atoms with Gasteiger partial charge in [-0.05, 0) is 27.2 Å². The fourth-order valence-corrected chi connectivity index (χ4v) is 2.31. The van der Waals surface area contributed by atoms with Crippen molar-refractivity contribution >= 4 is 9.84 Å². The number of methoxy groups -OCH3 is 1. The van der Waals surface area contributed by atoms with Crippen molar-refractivity contribution < 1.29 is 13.2 Å². The van der Waals surface area contributed by atoms with Gasteiger partial charge in [-0.3, -0.25) is 0 Å². The van der Waals surface area contributed by atoms with Gasteiger partial charge in [-0.2, -0.15) is 0 Å². The molecule has 1 atom stereocenters. The highest BCUT2D eigenvalue weighted by atomic mass is 32.2. The minimum Gasteiger partial charge on any atom is -0.379 e. The van der Waals surface area contributed by atoms with Crippen molar-refractivity contribution in [2.75, 3.05) is 19.4 Å². The molecule has 1 unspecified atom stereocenters. The Morgan fingerprint density at radius 2 is 1.93 bits per heavy atom. The summed E-state index contributed by atoms with van der Waals surface area (Å²) in [4.78, 5) is 0. The van der Waals surface area contributed by atoms with Crippen LogP contribution >= 0.6 is 0 Å². The first-order valence-corrected chi connectivity index (χ1v) is 6.43. The van der Waals surface area contributed by atoms with Gasteiger partial charge < -0.3 is 10.5 Å². The lowest BCUT2D eigenvalue weighted by Crippen LogP contribution is -2.33. The molecule has 86 valence electrons. The molecule has 5 heteroatoms. The van der Waals surface area contributed by atoms with Gasteiger partial charge in [-0.15, -0.1) is 0 Å². The maximum absolute atomic E-state index is 11.6. The summed E-state index contributed by atoms with van der Waals surface area (Å²) in [7, 11) is -1.48. The number of nitrogens with two attached hydrogens (primary N) is 1. The van der Waals surface area contributed by atoms with Crippen molar-refractivity contribution in [1.29, 1.82) is 0 Å². The minimum absolute atomic E-state index is 0.131. The number of ether oxygens (including phenoxy) is 1. The van der Waals surface area contributed by atoms with E-state index in [1.54, 1.807) is 14.0 Å². The van der Waals surface area contributed by atoms with Crippen LogP contribution in [-0.2, 0) is 14.6 Å². The molecular weight excluding hydrogens is 202 g/mol. The second-order valence-electron chi connectivity index (χ2n) is 4.13. The molecule has 0 aliphatic rings. The van der Waals surface area contributed by atoms with E-state index in [0.29, 0.717) is 6.42 Å². The molecule has 0 saturated heterocycles. The number of sulfone groups is 1. The van der Waals surface area contributed by atoms with E-state index < -0.39 is 15.1 Å². The van der Waals surface area contributed by atoms with Crippen molar-refractivity contribution in [3.05, 3.63) is 0 Å². The molecule has 14 heavy (non-hydrogen) atoms. The topological polar surface area (TPSA) is 69.4 Å². The second-order valence-corrected chi connectivity index (χ2v) is 6.67. The van der Waals surface area contributed by atoms with Gasteiger partial charge in [0.2, 0.25) is 0 Å². The molecule has 0 bridgehead atoms. The summed E-state index contributed by atoms with van der Waals surface area (Å²) in [5, 5.41) is -0.463. The van der Waals surface area contributed by atoms with E-state index in [4.69, 9.17) is 10.5 Å². The van der Waals surface area contributed by atoms with E-state index in [9.17, 15) is 8.42 Å². The third-order valence-electron chi connectivity index (χ3n) is 2.49. The minimum atomic E-state index is -3.06. The van der Waals surface area contributed by atoms with Crippen LogP contribution in [-0.4, -0.2) is 38.7 Å². The summed E-state index contributed by atoms with van der Waals surface area (Å²) in [6.45, 7) is 5.55. The Labute approximate surface area is 86.7 Å². The van der Waals surface area contributed by atoms with Crippen molar-refractivity contribution in [3.8, 4) is 0 Å². The first kappa shape index (κ1) is 13.9. The van der Waals surface area contributed by atoms with E-state index in [0.717, 1.165) is 0 Å². The van der Waals surface area contributed by atoms with Crippen molar-refractivity contribution in [2.45, 2.75) is 38.0 Å². The third kappa shape index (κ3) is 4.39. The van der Waals surface area contributed by atoms with Crippen LogP contribution < -0.4 is 5.73 Å². The molecule has 4 nitrogen and oxygen atoms in total. The summed E-state index contributed by atoms with van der Waals surface area (Å²) in [5.41, 5.74) is 4.93. The quantitative estimate of drug-likeness (QED) is 0.714. The highest BCUT2D eigenvalue weighted by molar-refractivity contribution is 7.92. The van der Waals surface area contributed by atoms with Gasteiger partial charge in [0, 0.05) is 13.7 Å². The third-order valence-corrected chi connectivity index (χ3v) is 4.68. The zero-order chi connectivity index (χ0) is 11.4. The Bertz CT molecular complexity index is 259. The average Bonchev–Trinajstić information content (AvgIpc) is 2.14.